The van der Waals surface area contributed by atoms with Crippen molar-refractivity contribution < 1.29 is 14.0 Å². The van der Waals surface area contributed by atoms with Gasteiger partial charge in [-0.2, -0.15) is 5.11 Å². The molecule has 1 saturated heterocycles. The largest absolute Gasteiger partial charge is 0.271 e. The summed E-state index contributed by atoms with van der Waals surface area (Å²) < 4.78 is 13.5. The van der Waals surface area contributed by atoms with Gasteiger partial charge >= 0.3 is 0 Å². The number of halogens is 1. The molecule has 2 aliphatic heterocycles. The van der Waals surface area contributed by atoms with E-state index >= 15 is 0 Å². The minimum atomic E-state index is -0.890. The second-order valence-corrected chi connectivity index (χ2v) is 6.74. The van der Waals surface area contributed by atoms with Crippen LogP contribution in [0.3, 0.4) is 0 Å². The van der Waals surface area contributed by atoms with E-state index in [4.69, 9.17) is 0 Å². The van der Waals surface area contributed by atoms with Gasteiger partial charge in [-0.05, 0) is 60.7 Å². The van der Waals surface area contributed by atoms with E-state index in [2.05, 4.69) is 10.3 Å². The van der Waals surface area contributed by atoms with Gasteiger partial charge in [0, 0.05) is 0 Å². The van der Waals surface area contributed by atoms with Crippen LogP contribution in [0.15, 0.2) is 52.8 Å². The maximum Gasteiger partial charge on any atom is 0.263 e. The fourth-order valence-electron chi connectivity index (χ4n) is 3.94. The molecule has 2 heterocycles. The lowest BCUT2D eigenvalue weighted by Crippen LogP contribution is -2.40. The zero-order valence-electron chi connectivity index (χ0n) is 13.8. The molecule has 0 unspecified atom stereocenters. The molecule has 2 aromatic carbocycles. The number of carbonyl (C=O) groups excluding carboxylic acids is 2. The van der Waals surface area contributed by atoms with Gasteiger partial charge in [0.05, 0.1) is 11.4 Å². The first-order valence-corrected chi connectivity index (χ1v) is 8.59. The fourth-order valence-corrected chi connectivity index (χ4v) is 3.94. The molecule has 6 nitrogen and oxygen atoms in total. The minimum absolute atomic E-state index is 0.382. The van der Waals surface area contributed by atoms with Crippen LogP contribution in [-0.4, -0.2) is 23.9 Å². The molecule has 0 radical (unpaired) electrons. The van der Waals surface area contributed by atoms with Crippen LogP contribution in [0.4, 0.5) is 15.8 Å². The highest BCUT2D eigenvalue weighted by Gasteiger charge is 2.55. The summed E-state index contributed by atoms with van der Waals surface area (Å²) in [5.41, 5.74) is 3.43. The van der Waals surface area contributed by atoms with Gasteiger partial charge in [-0.1, -0.05) is 17.4 Å². The van der Waals surface area contributed by atoms with Crippen LogP contribution < -0.4 is 9.91 Å². The Labute approximate surface area is 148 Å². The quantitative estimate of drug-likeness (QED) is 0.783. The fraction of sp³-hybridized carbons (Fsp3) is 0.263. The van der Waals surface area contributed by atoms with E-state index < -0.39 is 17.9 Å². The summed E-state index contributed by atoms with van der Waals surface area (Å²) in [5.74, 6) is -1.21. The van der Waals surface area contributed by atoms with Gasteiger partial charge in [0.15, 0.2) is 12.1 Å². The number of rotatable bonds is 2. The Morgan fingerprint density at radius 2 is 1.81 bits per heavy atom. The van der Waals surface area contributed by atoms with Gasteiger partial charge in [-0.15, -0.1) is 0 Å². The first kappa shape index (κ1) is 15.2. The monoisotopic (exact) mass is 350 g/mol. The topological polar surface area (TPSA) is 65.3 Å². The minimum Gasteiger partial charge on any atom is -0.271 e. The molecule has 0 saturated carbocycles. The highest BCUT2D eigenvalue weighted by molar-refractivity contribution is 6.26. The van der Waals surface area contributed by atoms with Crippen LogP contribution in [0.2, 0.25) is 0 Å². The number of hydrogen-bond acceptors (Lipinski definition) is 5. The van der Waals surface area contributed by atoms with Crippen LogP contribution in [0.1, 0.15) is 17.5 Å². The van der Waals surface area contributed by atoms with Crippen molar-refractivity contribution in [1.29, 1.82) is 0 Å². The molecule has 26 heavy (non-hydrogen) atoms. The van der Waals surface area contributed by atoms with Crippen molar-refractivity contribution in [2.45, 2.75) is 31.3 Å². The van der Waals surface area contributed by atoms with Crippen molar-refractivity contribution in [3.05, 3.63) is 59.4 Å². The number of anilines is 2. The third-order valence-corrected chi connectivity index (χ3v) is 5.19. The summed E-state index contributed by atoms with van der Waals surface area (Å²) in [6.45, 7) is 0. The summed E-state index contributed by atoms with van der Waals surface area (Å²) >= 11 is 0. The molecule has 2 amide bonds. The zero-order chi connectivity index (χ0) is 17.8. The highest BCUT2D eigenvalue weighted by atomic mass is 19.1. The van der Waals surface area contributed by atoms with E-state index in [9.17, 15) is 14.0 Å². The summed E-state index contributed by atoms with van der Waals surface area (Å²) in [5, 5.41) is 9.26. The maximum absolute atomic E-state index is 13.5. The second kappa shape index (κ2) is 5.45. The number of amides is 2. The van der Waals surface area contributed by atoms with E-state index in [0.29, 0.717) is 11.4 Å². The summed E-state index contributed by atoms with van der Waals surface area (Å²) in [7, 11) is 0. The number of carbonyl (C=O) groups is 2. The van der Waals surface area contributed by atoms with E-state index in [0.717, 1.165) is 19.3 Å². The Morgan fingerprint density at radius 1 is 0.962 bits per heavy atom. The van der Waals surface area contributed by atoms with Crippen LogP contribution in [0, 0.1) is 5.82 Å². The Balaban J connectivity index is 1.51. The molecular weight excluding hydrogens is 335 g/mol. The molecule has 1 fully saturated rings. The summed E-state index contributed by atoms with van der Waals surface area (Å²) in [6.07, 6.45) is 3.08. The maximum atomic E-state index is 13.5. The number of hydrogen-bond donors (Lipinski definition) is 0. The van der Waals surface area contributed by atoms with Gasteiger partial charge < -0.3 is 0 Å². The van der Waals surface area contributed by atoms with Gasteiger partial charge in [0.2, 0.25) is 0 Å². The Kier molecular flexibility index (Phi) is 3.19. The molecule has 130 valence electrons. The number of imide groups is 1. The Hall–Kier alpha value is -3.09. The smallest absolute Gasteiger partial charge is 0.263 e. The lowest BCUT2D eigenvalue weighted by atomic mass is 10.1. The molecule has 2 aromatic rings. The number of fused-ring (bicyclic) bond motifs is 2. The Morgan fingerprint density at radius 3 is 2.65 bits per heavy atom. The van der Waals surface area contributed by atoms with Crippen molar-refractivity contribution >= 4 is 23.2 Å². The van der Waals surface area contributed by atoms with Gasteiger partial charge in [0.1, 0.15) is 5.82 Å². The lowest BCUT2D eigenvalue weighted by molar-refractivity contribution is -0.121. The molecule has 0 N–H and O–H groups in total. The van der Waals surface area contributed by atoms with Gasteiger partial charge in [0.25, 0.3) is 11.8 Å². The first-order valence-electron chi connectivity index (χ1n) is 8.59. The van der Waals surface area contributed by atoms with Crippen LogP contribution in [-0.2, 0) is 22.4 Å². The van der Waals surface area contributed by atoms with Crippen LogP contribution >= 0.6 is 0 Å². The van der Waals surface area contributed by atoms with E-state index in [1.165, 1.54) is 39.2 Å². The van der Waals surface area contributed by atoms with Crippen LogP contribution in [0.25, 0.3) is 0 Å². The van der Waals surface area contributed by atoms with Crippen LogP contribution in [0.5, 0.6) is 0 Å². The molecular formula is C19H15FN4O2. The molecule has 2 atom stereocenters. The third-order valence-electron chi connectivity index (χ3n) is 5.19. The molecule has 0 bridgehead atoms. The van der Waals surface area contributed by atoms with Crippen molar-refractivity contribution in [2.24, 2.45) is 10.3 Å². The molecule has 7 heteroatoms. The normalized spacial score (nSPS) is 23.7. The number of nitrogens with zero attached hydrogens (tertiary/aromatic N) is 4. The van der Waals surface area contributed by atoms with Crippen molar-refractivity contribution in [3.63, 3.8) is 0 Å². The molecule has 0 spiro atoms. The molecule has 3 aliphatic rings. The second-order valence-electron chi connectivity index (χ2n) is 6.74. The molecule has 0 aromatic heterocycles. The number of benzene rings is 2. The van der Waals surface area contributed by atoms with Gasteiger partial charge in [-0.3, -0.25) is 9.59 Å². The third kappa shape index (κ3) is 2.09. The molecule has 1 aliphatic carbocycles. The van der Waals surface area contributed by atoms with Crippen molar-refractivity contribution in [2.75, 3.05) is 9.91 Å². The van der Waals surface area contributed by atoms with E-state index in [-0.39, 0.29) is 11.8 Å². The highest BCUT2D eigenvalue weighted by Crippen LogP contribution is 2.36. The zero-order valence-corrected chi connectivity index (χ0v) is 13.8. The lowest BCUT2D eigenvalue weighted by Gasteiger charge is -2.21. The molecule has 5 rings (SSSR count). The predicted molar refractivity (Wildman–Crippen MR) is 92.3 cm³/mol. The Bertz CT molecular complexity index is 974. The number of aryl methyl sites for hydroxylation is 2. The van der Waals surface area contributed by atoms with E-state index in [1.54, 1.807) is 6.07 Å². The van der Waals surface area contributed by atoms with Gasteiger partial charge in [-0.25, -0.2) is 14.3 Å². The first-order chi connectivity index (χ1) is 12.6. The predicted octanol–water partition coefficient (Wildman–Crippen LogP) is 2.81. The average molecular weight is 350 g/mol. The summed E-state index contributed by atoms with van der Waals surface area (Å²) in [6, 6.07) is 9.72. The summed E-state index contributed by atoms with van der Waals surface area (Å²) in [4.78, 5) is 27.0. The average Bonchev–Trinajstić information content (AvgIpc) is 3.32. The standard InChI is InChI=1S/C19H15FN4O2/c20-13-5-2-6-15(10-13)24-17-16(21-22-24)18(25)23(19(17)26)14-8-7-11-3-1-4-12(11)9-14/h2,5-10,16-17H,1,3-4H2/t16-,17-/m0/s1. The van der Waals surface area contributed by atoms with Crippen molar-refractivity contribution in [1.82, 2.24) is 0 Å². The SMILES string of the molecule is O=C1[C@H]2N=NN(c3cccc(F)c3)[C@@H]2C(=O)N1c1ccc2c(c1)CCC2. The van der Waals surface area contributed by atoms with E-state index in [1.807, 2.05) is 18.2 Å². The van der Waals surface area contributed by atoms with Crippen molar-refractivity contribution in [3.8, 4) is 0 Å².